The number of rotatable bonds is 9. The second kappa shape index (κ2) is 11.1. The van der Waals surface area contributed by atoms with Gasteiger partial charge < -0.3 is 20.9 Å². The van der Waals surface area contributed by atoms with Crippen LogP contribution in [0.4, 0.5) is 17.5 Å². The molecule has 2 aromatic rings. The maximum atomic E-state index is 12.1. The number of aryl methyl sites for hydroxylation is 1. The van der Waals surface area contributed by atoms with Gasteiger partial charge in [0.2, 0.25) is 11.9 Å². The number of carbonyl (C=O) groups excluding carboxylic acids is 1. The number of aromatic nitrogens is 4. The van der Waals surface area contributed by atoms with Crippen LogP contribution in [0.25, 0.3) is 0 Å². The SMILES string of the molecule is CN(C)C/C=C/C(=O)N[C@H]1CCCC(CNc2nc(Nc3cnn(C)c3)ncc2Cl)C1. The van der Waals surface area contributed by atoms with Crippen molar-refractivity contribution in [3.8, 4) is 0 Å². The average molecular weight is 447 g/mol. The number of carbonyl (C=O) groups is 1. The highest BCUT2D eigenvalue weighted by atomic mass is 35.5. The van der Waals surface area contributed by atoms with Gasteiger partial charge in [0.25, 0.3) is 0 Å². The largest absolute Gasteiger partial charge is 0.368 e. The summed E-state index contributed by atoms with van der Waals surface area (Å²) in [6.45, 7) is 1.49. The molecule has 0 aromatic carbocycles. The number of halogens is 1. The van der Waals surface area contributed by atoms with Crippen molar-refractivity contribution in [1.29, 1.82) is 0 Å². The molecule has 1 unspecified atom stereocenters. The zero-order valence-corrected chi connectivity index (χ0v) is 19.1. The minimum Gasteiger partial charge on any atom is -0.368 e. The van der Waals surface area contributed by atoms with E-state index in [-0.39, 0.29) is 11.9 Å². The molecular weight excluding hydrogens is 416 g/mol. The Kier molecular flexibility index (Phi) is 8.25. The van der Waals surface area contributed by atoms with Crippen LogP contribution in [0, 0.1) is 5.92 Å². The summed E-state index contributed by atoms with van der Waals surface area (Å²) in [6.07, 6.45) is 12.8. The quantitative estimate of drug-likeness (QED) is 0.509. The summed E-state index contributed by atoms with van der Waals surface area (Å²) in [6, 6.07) is 0.195. The van der Waals surface area contributed by atoms with Crippen LogP contribution in [0.3, 0.4) is 0 Å². The summed E-state index contributed by atoms with van der Waals surface area (Å²) >= 11 is 6.29. The Balaban J connectivity index is 1.50. The summed E-state index contributed by atoms with van der Waals surface area (Å²) in [5, 5.41) is 14.2. The van der Waals surface area contributed by atoms with Gasteiger partial charge in [-0.05, 0) is 39.3 Å². The van der Waals surface area contributed by atoms with Crippen molar-refractivity contribution in [2.45, 2.75) is 31.7 Å². The minimum absolute atomic E-state index is 0.0228. The molecular formula is C21H31ClN8O. The van der Waals surface area contributed by atoms with Gasteiger partial charge in [-0.2, -0.15) is 10.1 Å². The Bertz CT molecular complexity index is 897. The first kappa shape index (κ1) is 23.0. The molecule has 0 spiro atoms. The number of nitrogens with zero attached hydrogens (tertiary/aromatic N) is 5. The third-order valence-electron chi connectivity index (χ3n) is 5.13. The van der Waals surface area contributed by atoms with E-state index in [0.29, 0.717) is 22.7 Å². The number of anilines is 3. The first-order chi connectivity index (χ1) is 14.9. The second-order valence-electron chi connectivity index (χ2n) is 8.20. The van der Waals surface area contributed by atoms with Crippen LogP contribution in [0.1, 0.15) is 25.7 Å². The summed E-state index contributed by atoms with van der Waals surface area (Å²) in [5.41, 5.74) is 0.807. The molecule has 0 bridgehead atoms. The first-order valence-corrected chi connectivity index (χ1v) is 10.9. The topological polar surface area (TPSA) is 100 Å². The lowest BCUT2D eigenvalue weighted by atomic mass is 9.85. The van der Waals surface area contributed by atoms with Crippen molar-refractivity contribution in [2.75, 3.05) is 37.8 Å². The third kappa shape index (κ3) is 7.52. The smallest absolute Gasteiger partial charge is 0.243 e. The predicted octanol–water partition coefficient (Wildman–Crippen LogP) is 2.81. The third-order valence-corrected chi connectivity index (χ3v) is 5.41. The van der Waals surface area contributed by atoms with E-state index in [2.05, 4.69) is 31.0 Å². The molecule has 0 radical (unpaired) electrons. The highest BCUT2D eigenvalue weighted by Gasteiger charge is 2.23. The van der Waals surface area contributed by atoms with E-state index >= 15 is 0 Å². The molecule has 1 aliphatic carbocycles. The molecule has 2 heterocycles. The number of nitrogens with one attached hydrogen (secondary N) is 3. The fourth-order valence-electron chi connectivity index (χ4n) is 3.63. The fraction of sp³-hybridized carbons (Fsp3) is 0.524. The molecule has 1 aliphatic rings. The molecule has 2 atom stereocenters. The molecule has 1 fully saturated rings. The molecule has 3 N–H and O–H groups in total. The van der Waals surface area contributed by atoms with E-state index < -0.39 is 0 Å². The highest BCUT2D eigenvalue weighted by molar-refractivity contribution is 6.32. The Labute approximate surface area is 188 Å². The van der Waals surface area contributed by atoms with Crippen LogP contribution >= 0.6 is 11.6 Å². The Hall–Kier alpha value is -2.65. The van der Waals surface area contributed by atoms with Crippen LogP contribution in [0.15, 0.2) is 30.7 Å². The van der Waals surface area contributed by atoms with Crippen LogP contribution in [-0.2, 0) is 11.8 Å². The van der Waals surface area contributed by atoms with E-state index in [9.17, 15) is 4.79 Å². The summed E-state index contributed by atoms with van der Waals surface area (Å²) in [4.78, 5) is 22.9. The predicted molar refractivity (Wildman–Crippen MR) is 124 cm³/mol. The zero-order chi connectivity index (χ0) is 22.2. The average Bonchev–Trinajstić information content (AvgIpc) is 3.13. The van der Waals surface area contributed by atoms with E-state index in [0.717, 1.165) is 44.5 Å². The molecule has 1 saturated carbocycles. The molecule has 9 nitrogen and oxygen atoms in total. The van der Waals surface area contributed by atoms with Crippen molar-refractivity contribution in [1.82, 2.24) is 30.0 Å². The normalized spacial score (nSPS) is 19.0. The van der Waals surface area contributed by atoms with Crippen molar-refractivity contribution in [2.24, 2.45) is 13.0 Å². The maximum absolute atomic E-state index is 12.1. The maximum Gasteiger partial charge on any atom is 0.243 e. The van der Waals surface area contributed by atoms with Gasteiger partial charge in [-0.1, -0.05) is 24.1 Å². The van der Waals surface area contributed by atoms with Gasteiger partial charge in [0.1, 0.15) is 5.02 Å². The van der Waals surface area contributed by atoms with Crippen molar-refractivity contribution >= 4 is 35.0 Å². The summed E-state index contributed by atoms with van der Waals surface area (Å²) < 4.78 is 1.70. The van der Waals surface area contributed by atoms with Gasteiger partial charge in [-0.15, -0.1) is 0 Å². The van der Waals surface area contributed by atoms with E-state index in [1.165, 1.54) is 0 Å². The number of hydrogen-bond acceptors (Lipinski definition) is 7. The molecule has 3 rings (SSSR count). The molecule has 0 saturated heterocycles. The minimum atomic E-state index is -0.0228. The molecule has 2 aromatic heterocycles. The van der Waals surface area contributed by atoms with Gasteiger partial charge >= 0.3 is 0 Å². The van der Waals surface area contributed by atoms with Crippen molar-refractivity contribution < 1.29 is 4.79 Å². The van der Waals surface area contributed by atoms with Crippen LogP contribution in [0.2, 0.25) is 5.02 Å². The molecule has 0 aliphatic heterocycles. The van der Waals surface area contributed by atoms with Gasteiger partial charge in [0.05, 0.1) is 18.1 Å². The van der Waals surface area contributed by atoms with Crippen molar-refractivity contribution in [3.63, 3.8) is 0 Å². The lowest BCUT2D eigenvalue weighted by molar-refractivity contribution is -0.117. The van der Waals surface area contributed by atoms with Gasteiger partial charge in [0.15, 0.2) is 5.82 Å². The Morgan fingerprint density at radius 1 is 1.35 bits per heavy atom. The van der Waals surface area contributed by atoms with Crippen LogP contribution in [0.5, 0.6) is 0 Å². The van der Waals surface area contributed by atoms with Crippen LogP contribution in [-0.4, -0.2) is 63.8 Å². The van der Waals surface area contributed by atoms with E-state index in [1.807, 2.05) is 38.3 Å². The van der Waals surface area contributed by atoms with E-state index in [1.54, 1.807) is 23.2 Å². The first-order valence-electron chi connectivity index (χ1n) is 10.5. The molecule has 31 heavy (non-hydrogen) atoms. The van der Waals surface area contributed by atoms with Gasteiger partial charge in [-0.3, -0.25) is 9.48 Å². The summed E-state index contributed by atoms with van der Waals surface area (Å²) in [7, 11) is 5.80. The van der Waals surface area contributed by atoms with Gasteiger partial charge in [-0.25, -0.2) is 4.98 Å². The lowest BCUT2D eigenvalue weighted by Crippen LogP contribution is -2.39. The van der Waals surface area contributed by atoms with Crippen molar-refractivity contribution in [3.05, 3.63) is 35.8 Å². The van der Waals surface area contributed by atoms with Crippen LogP contribution < -0.4 is 16.0 Å². The number of amides is 1. The number of likely N-dealkylation sites (N-methyl/N-ethyl adjacent to an activating group) is 1. The second-order valence-corrected chi connectivity index (χ2v) is 8.61. The molecule has 10 heteroatoms. The summed E-state index contributed by atoms with van der Waals surface area (Å²) in [5.74, 6) is 1.47. The van der Waals surface area contributed by atoms with E-state index in [4.69, 9.17) is 11.6 Å². The lowest BCUT2D eigenvalue weighted by Gasteiger charge is -2.29. The highest BCUT2D eigenvalue weighted by Crippen LogP contribution is 2.26. The monoisotopic (exact) mass is 446 g/mol. The Morgan fingerprint density at radius 3 is 2.94 bits per heavy atom. The van der Waals surface area contributed by atoms with Gasteiger partial charge in [0, 0.05) is 38.5 Å². The zero-order valence-electron chi connectivity index (χ0n) is 18.3. The molecule has 168 valence electrons. The Morgan fingerprint density at radius 2 is 2.19 bits per heavy atom. The number of hydrogen-bond donors (Lipinski definition) is 3. The fourth-order valence-corrected chi connectivity index (χ4v) is 3.79. The standard InChI is InChI=1S/C21H31ClN8O/c1-29(2)9-5-8-19(31)26-16-7-4-6-15(10-16)11-23-20-18(22)13-24-21(28-20)27-17-12-25-30(3)14-17/h5,8,12-16H,4,6-7,9-11H2,1-3H3,(H,26,31)(H2,23,24,27,28)/b8-5+/t15?,16-/m0/s1. The molecule has 1 amide bonds.